The van der Waals surface area contributed by atoms with Crippen LogP contribution < -0.4 is 5.73 Å². The van der Waals surface area contributed by atoms with Crippen LogP contribution in [0.1, 0.15) is 11.3 Å². The first-order chi connectivity index (χ1) is 6.74. The van der Waals surface area contributed by atoms with Crippen molar-refractivity contribution in [1.29, 1.82) is 0 Å². The number of halogens is 1. The fourth-order valence-electron chi connectivity index (χ4n) is 1.75. The first-order valence-electron chi connectivity index (χ1n) is 4.69. The van der Waals surface area contributed by atoms with Gasteiger partial charge in [0.1, 0.15) is 0 Å². The standard InChI is InChI=1S/C11H13BrN2/c1-7-3-2-4-8-10(7)11(12)9(14-8)5-6-13/h2-4,14H,5-6,13H2,1H3. The van der Waals surface area contributed by atoms with Crippen molar-refractivity contribution in [2.75, 3.05) is 6.54 Å². The van der Waals surface area contributed by atoms with Crippen LogP contribution in [0.3, 0.4) is 0 Å². The molecule has 14 heavy (non-hydrogen) atoms. The topological polar surface area (TPSA) is 41.8 Å². The maximum Gasteiger partial charge on any atom is 0.0470 e. The Hall–Kier alpha value is -0.800. The van der Waals surface area contributed by atoms with E-state index in [4.69, 9.17) is 5.73 Å². The highest BCUT2D eigenvalue weighted by atomic mass is 79.9. The maximum atomic E-state index is 5.55. The Morgan fingerprint density at radius 1 is 1.43 bits per heavy atom. The minimum atomic E-state index is 0.671. The van der Waals surface area contributed by atoms with E-state index in [1.807, 2.05) is 0 Å². The molecule has 0 bridgehead atoms. The molecule has 0 fully saturated rings. The Balaban J connectivity index is 2.68. The average Bonchev–Trinajstić information content (AvgIpc) is 2.46. The number of fused-ring (bicyclic) bond motifs is 1. The molecule has 0 aliphatic heterocycles. The van der Waals surface area contributed by atoms with Crippen molar-refractivity contribution in [3.63, 3.8) is 0 Å². The normalized spacial score (nSPS) is 11.1. The molecule has 74 valence electrons. The van der Waals surface area contributed by atoms with Gasteiger partial charge in [0, 0.05) is 27.5 Å². The zero-order chi connectivity index (χ0) is 10.1. The highest BCUT2D eigenvalue weighted by Gasteiger charge is 2.09. The van der Waals surface area contributed by atoms with Gasteiger partial charge in [0.2, 0.25) is 0 Å². The third-order valence-electron chi connectivity index (χ3n) is 2.44. The molecule has 3 N–H and O–H groups in total. The van der Waals surface area contributed by atoms with E-state index in [-0.39, 0.29) is 0 Å². The fourth-order valence-corrected chi connectivity index (χ4v) is 2.57. The number of H-pyrrole nitrogens is 1. The van der Waals surface area contributed by atoms with E-state index in [1.165, 1.54) is 22.2 Å². The smallest absolute Gasteiger partial charge is 0.0470 e. The van der Waals surface area contributed by atoms with Gasteiger partial charge < -0.3 is 10.7 Å². The molecule has 1 aromatic carbocycles. The predicted octanol–water partition coefficient (Wildman–Crippen LogP) is 2.74. The second-order valence-corrected chi connectivity index (χ2v) is 4.25. The predicted molar refractivity (Wildman–Crippen MR) is 63.5 cm³/mol. The summed E-state index contributed by atoms with van der Waals surface area (Å²) in [6, 6.07) is 6.27. The molecule has 0 saturated heterocycles. The number of aromatic nitrogens is 1. The molecule has 2 nitrogen and oxygen atoms in total. The van der Waals surface area contributed by atoms with Crippen LogP contribution in [-0.4, -0.2) is 11.5 Å². The summed E-state index contributed by atoms with van der Waals surface area (Å²) in [5.74, 6) is 0. The summed E-state index contributed by atoms with van der Waals surface area (Å²) in [6.07, 6.45) is 0.884. The minimum Gasteiger partial charge on any atom is -0.357 e. The number of aryl methyl sites for hydroxylation is 1. The van der Waals surface area contributed by atoms with E-state index in [9.17, 15) is 0 Å². The van der Waals surface area contributed by atoms with Crippen molar-refractivity contribution in [3.05, 3.63) is 33.9 Å². The van der Waals surface area contributed by atoms with Crippen LogP contribution in [0.5, 0.6) is 0 Å². The second-order valence-electron chi connectivity index (χ2n) is 3.45. The number of benzene rings is 1. The van der Waals surface area contributed by atoms with Crippen molar-refractivity contribution in [1.82, 2.24) is 4.98 Å². The van der Waals surface area contributed by atoms with Gasteiger partial charge in [0.05, 0.1) is 0 Å². The summed E-state index contributed by atoms with van der Waals surface area (Å²) in [6.45, 7) is 2.79. The summed E-state index contributed by atoms with van der Waals surface area (Å²) in [5, 5.41) is 1.27. The van der Waals surface area contributed by atoms with Crippen molar-refractivity contribution in [3.8, 4) is 0 Å². The lowest BCUT2D eigenvalue weighted by atomic mass is 10.1. The molecule has 3 heteroatoms. The maximum absolute atomic E-state index is 5.55. The zero-order valence-corrected chi connectivity index (χ0v) is 9.69. The SMILES string of the molecule is Cc1cccc2[nH]c(CCN)c(Br)c12. The number of nitrogens with two attached hydrogens (primary N) is 1. The van der Waals surface area contributed by atoms with Gasteiger partial charge in [-0.25, -0.2) is 0 Å². The van der Waals surface area contributed by atoms with Crippen LogP contribution in [0.15, 0.2) is 22.7 Å². The van der Waals surface area contributed by atoms with E-state index in [1.54, 1.807) is 0 Å². The lowest BCUT2D eigenvalue weighted by Crippen LogP contribution is -2.03. The Labute approximate surface area is 91.6 Å². The van der Waals surface area contributed by atoms with E-state index in [0.717, 1.165) is 10.9 Å². The van der Waals surface area contributed by atoms with Crippen molar-refractivity contribution < 1.29 is 0 Å². The molecule has 0 aliphatic carbocycles. The van der Waals surface area contributed by atoms with Gasteiger partial charge in [0.15, 0.2) is 0 Å². The number of rotatable bonds is 2. The van der Waals surface area contributed by atoms with Gasteiger partial charge in [-0.2, -0.15) is 0 Å². The molecule has 0 atom stereocenters. The Bertz CT molecular complexity index is 460. The molecule has 2 aromatic rings. The number of hydrogen-bond donors (Lipinski definition) is 2. The number of hydrogen-bond acceptors (Lipinski definition) is 1. The molecular weight excluding hydrogens is 240 g/mol. The van der Waals surface area contributed by atoms with E-state index in [0.29, 0.717) is 6.54 Å². The van der Waals surface area contributed by atoms with E-state index in [2.05, 4.69) is 46.0 Å². The molecule has 0 amide bonds. The molecule has 0 saturated carbocycles. The van der Waals surface area contributed by atoms with Gasteiger partial charge in [-0.15, -0.1) is 0 Å². The van der Waals surface area contributed by atoms with Gasteiger partial charge in [0.25, 0.3) is 0 Å². The van der Waals surface area contributed by atoms with E-state index >= 15 is 0 Å². The molecular formula is C11H13BrN2. The minimum absolute atomic E-state index is 0.671. The zero-order valence-electron chi connectivity index (χ0n) is 8.10. The lowest BCUT2D eigenvalue weighted by Gasteiger charge is -1.96. The largest absolute Gasteiger partial charge is 0.357 e. The van der Waals surface area contributed by atoms with Crippen molar-refractivity contribution in [2.24, 2.45) is 5.73 Å². The molecule has 0 unspecified atom stereocenters. The summed E-state index contributed by atoms with van der Waals surface area (Å²) in [7, 11) is 0. The summed E-state index contributed by atoms with van der Waals surface area (Å²) in [5.41, 5.74) is 9.21. The Morgan fingerprint density at radius 3 is 2.86 bits per heavy atom. The third-order valence-corrected chi connectivity index (χ3v) is 3.31. The van der Waals surface area contributed by atoms with Crippen LogP contribution in [-0.2, 0) is 6.42 Å². The number of aromatic amines is 1. The second kappa shape index (κ2) is 3.75. The lowest BCUT2D eigenvalue weighted by molar-refractivity contribution is 0.934. The summed E-state index contributed by atoms with van der Waals surface area (Å²) >= 11 is 3.62. The summed E-state index contributed by atoms with van der Waals surface area (Å²) < 4.78 is 1.16. The van der Waals surface area contributed by atoms with Gasteiger partial charge in [-0.05, 0) is 41.0 Å². The van der Waals surface area contributed by atoms with Crippen LogP contribution in [0.2, 0.25) is 0 Å². The van der Waals surface area contributed by atoms with Gasteiger partial charge in [-0.3, -0.25) is 0 Å². The monoisotopic (exact) mass is 252 g/mol. The Morgan fingerprint density at radius 2 is 2.21 bits per heavy atom. The third kappa shape index (κ3) is 1.47. The average molecular weight is 253 g/mol. The van der Waals surface area contributed by atoms with Gasteiger partial charge in [-0.1, -0.05) is 12.1 Å². The van der Waals surface area contributed by atoms with Crippen LogP contribution in [0.25, 0.3) is 10.9 Å². The van der Waals surface area contributed by atoms with Crippen molar-refractivity contribution in [2.45, 2.75) is 13.3 Å². The first-order valence-corrected chi connectivity index (χ1v) is 5.49. The molecule has 2 rings (SSSR count). The van der Waals surface area contributed by atoms with Crippen LogP contribution >= 0.6 is 15.9 Å². The van der Waals surface area contributed by atoms with Crippen molar-refractivity contribution >= 4 is 26.8 Å². The summed E-state index contributed by atoms with van der Waals surface area (Å²) in [4.78, 5) is 3.38. The molecule has 0 radical (unpaired) electrons. The first kappa shape index (κ1) is 9.74. The van der Waals surface area contributed by atoms with Crippen LogP contribution in [0.4, 0.5) is 0 Å². The fraction of sp³-hybridized carbons (Fsp3) is 0.273. The van der Waals surface area contributed by atoms with Gasteiger partial charge >= 0.3 is 0 Å². The number of nitrogens with one attached hydrogen (secondary N) is 1. The quantitative estimate of drug-likeness (QED) is 0.848. The molecule has 0 spiro atoms. The highest BCUT2D eigenvalue weighted by molar-refractivity contribution is 9.10. The molecule has 1 heterocycles. The molecule has 0 aliphatic rings. The highest BCUT2D eigenvalue weighted by Crippen LogP contribution is 2.30. The van der Waals surface area contributed by atoms with E-state index < -0.39 is 0 Å². The molecule has 1 aromatic heterocycles. The van der Waals surface area contributed by atoms with Crippen LogP contribution in [0, 0.1) is 6.92 Å². The Kier molecular flexibility index (Phi) is 2.61.